The first-order valence-electron chi connectivity index (χ1n) is 10.7. The van der Waals surface area contributed by atoms with Gasteiger partial charge in [-0.3, -0.25) is 9.59 Å². The average Bonchev–Trinajstić information content (AvgIpc) is 3.43. The van der Waals surface area contributed by atoms with Crippen LogP contribution in [0.2, 0.25) is 0 Å². The number of amides is 2. The molecule has 1 N–H and O–H groups in total. The first kappa shape index (κ1) is 22.3. The van der Waals surface area contributed by atoms with Crippen molar-refractivity contribution in [1.82, 2.24) is 10.2 Å². The molecule has 0 aliphatic carbocycles. The zero-order valence-electron chi connectivity index (χ0n) is 18.5. The van der Waals surface area contributed by atoms with Gasteiger partial charge in [-0.1, -0.05) is 19.9 Å². The number of hydrogen-bond acceptors (Lipinski definition) is 6. The summed E-state index contributed by atoms with van der Waals surface area (Å²) in [5.41, 5.74) is 1.47. The van der Waals surface area contributed by atoms with Gasteiger partial charge in [0, 0.05) is 17.9 Å². The minimum absolute atomic E-state index is 0.0362. The molecule has 2 amide bonds. The van der Waals surface area contributed by atoms with E-state index in [1.54, 1.807) is 48.0 Å². The number of methoxy groups -OCH3 is 1. The molecule has 0 saturated carbocycles. The largest absolute Gasteiger partial charge is 0.497 e. The van der Waals surface area contributed by atoms with Crippen LogP contribution in [0.25, 0.3) is 0 Å². The quantitative estimate of drug-likeness (QED) is 0.685. The minimum Gasteiger partial charge on any atom is -0.497 e. The number of thioether (sulfide) groups is 1. The van der Waals surface area contributed by atoms with E-state index in [1.807, 2.05) is 18.2 Å². The number of hydrogen-bond donors (Lipinski definition) is 1. The molecule has 170 valence electrons. The smallest absolute Gasteiger partial charge is 0.255 e. The monoisotopic (exact) mass is 456 g/mol. The van der Waals surface area contributed by atoms with Crippen molar-refractivity contribution >= 4 is 23.6 Å². The second-order valence-corrected chi connectivity index (χ2v) is 9.49. The number of nitrogens with zero attached hydrogens (tertiary/aromatic N) is 1. The van der Waals surface area contributed by atoms with Crippen LogP contribution in [-0.2, 0) is 11.3 Å². The fourth-order valence-electron chi connectivity index (χ4n) is 3.86. The van der Waals surface area contributed by atoms with Crippen molar-refractivity contribution in [3.8, 4) is 17.2 Å². The maximum atomic E-state index is 13.4. The summed E-state index contributed by atoms with van der Waals surface area (Å²) in [5, 5.41) is 2.96. The van der Waals surface area contributed by atoms with Crippen molar-refractivity contribution in [2.75, 3.05) is 19.7 Å². The summed E-state index contributed by atoms with van der Waals surface area (Å²) < 4.78 is 15.9. The Morgan fingerprint density at radius 1 is 1.16 bits per heavy atom. The second kappa shape index (κ2) is 9.73. The molecule has 2 aliphatic heterocycles. The summed E-state index contributed by atoms with van der Waals surface area (Å²) in [5.74, 6) is 2.78. The van der Waals surface area contributed by atoms with Crippen molar-refractivity contribution < 1.29 is 23.8 Å². The van der Waals surface area contributed by atoms with Crippen LogP contribution in [-0.4, -0.2) is 47.8 Å². The van der Waals surface area contributed by atoms with Gasteiger partial charge < -0.3 is 24.4 Å². The summed E-state index contributed by atoms with van der Waals surface area (Å²) in [6, 6.07) is 12.1. The Balaban J connectivity index is 1.48. The SMILES string of the molecule is COc1ccc(C(=O)N2C(CC(C)C)SCC2C(=O)NCc2ccc3c(c2)OCO3)cc1. The van der Waals surface area contributed by atoms with Gasteiger partial charge in [-0.25, -0.2) is 0 Å². The van der Waals surface area contributed by atoms with Gasteiger partial charge in [-0.2, -0.15) is 0 Å². The first-order chi connectivity index (χ1) is 15.5. The van der Waals surface area contributed by atoms with E-state index in [2.05, 4.69) is 19.2 Å². The van der Waals surface area contributed by atoms with Gasteiger partial charge in [0.1, 0.15) is 11.8 Å². The molecule has 2 aromatic carbocycles. The molecule has 2 atom stereocenters. The number of rotatable bonds is 7. The van der Waals surface area contributed by atoms with Crippen molar-refractivity contribution in [2.45, 2.75) is 38.2 Å². The molecule has 0 spiro atoms. The van der Waals surface area contributed by atoms with E-state index >= 15 is 0 Å². The van der Waals surface area contributed by atoms with Gasteiger partial charge >= 0.3 is 0 Å². The predicted molar refractivity (Wildman–Crippen MR) is 123 cm³/mol. The van der Waals surface area contributed by atoms with Crippen molar-refractivity contribution in [3.05, 3.63) is 53.6 Å². The van der Waals surface area contributed by atoms with Crippen LogP contribution in [0.4, 0.5) is 0 Å². The van der Waals surface area contributed by atoms with Gasteiger partial charge in [0.2, 0.25) is 12.7 Å². The highest BCUT2D eigenvalue weighted by Crippen LogP contribution is 2.35. The van der Waals surface area contributed by atoms with E-state index in [0.717, 1.165) is 12.0 Å². The summed E-state index contributed by atoms with van der Waals surface area (Å²) in [6.45, 7) is 4.83. The van der Waals surface area contributed by atoms with Crippen molar-refractivity contribution in [2.24, 2.45) is 5.92 Å². The Kier molecular flexibility index (Phi) is 6.79. The molecule has 1 saturated heterocycles. The molecule has 2 aliphatic rings. The molecule has 0 radical (unpaired) electrons. The lowest BCUT2D eigenvalue weighted by Crippen LogP contribution is -2.49. The molecule has 7 nitrogen and oxygen atoms in total. The van der Waals surface area contributed by atoms with Crippen LogP contribution in [0.3, 0.4) is 0 Å². The lowest BCUT2D eigenvalue weighted by molar-refractivity contribution is -0.125. The topological polar surface area (TPSA) is 77.1 Å². The van der Waals surface area contributed by atoms with E-state index in [9.17, 15) is 9.59 Å². The third kappa shape index (κ3) is 4.80. The lowest BCUT2D eigenvalue weighted by atomic mass is 10.1. The zero-order chi connectivity index (χ0) is 22.7. The maximum Gasteiger partial charge on any atom is 0.255 e. The van der Waals surface area contributed by atoms with E-state index in [-0.39, 0.29) is 24.0 Å². The highest BCUT2D eigenvalue weighted by atomic mass is 32.2. The summed E-state index contributed by atoms with van der Waals surface area (Å²) in [7, 11) is 1.59. The summed E-state index contributed by atoms with van der Waals surface area (Å²) in [6.07, 6.45) is 0.832. The third-order valence-electron chi connectivity index (χ3n) is 5.54. The number of fused-ring (bicyclic) bond motifs is 1. The number of nitrogens with one attached hydrogen (secondary N) is 1. The third-order valence-corrected chi connectivity index (χ3v) is 6.86. The highest BCUT2D eigenvalue weighted by Gasteiger charge is 2.41. The molecule has 32 heavy (non-hydrogen) atoms. The van der Waals surface area contributed by atoms with Crippen LogP contribution < -0.4 is 19.5 Å². The summed E-state index contributed by atoms with van der Waals surface area (Å²) in [4.78, 5) is 28.3. The molecule has 2 aromatic rings. The fraction of sp³-hybridized carbons (Fsp3) is 0.417. The van der Waals surface area contributed by atoms with Gasteiger partial charge in [0.15, 0.2) is 11.5 Å². The lowest BCUT2D eigenvalue weighted by Gasteiger charge is -2.30. The van der Waals surface area contributed by atoms with E-state index in [0.29, 0.717) is 41.0 Å². The first-order valence-corrected chi connectivity index (χ1v) is 11.8. The van der Waals surface area contributed by atoms with Crippen LogP contribution in [0.5, 0.6) is 17.2 Å². The van der Waals surface area contributed by atoms with Gasteiger partial charge in [-0.15, -0.1) is 11.8 Å². The molecule has 1 fully saturated rings. The van der Waals surface area contributed by atoms with Crippen molar-refractivity contribution in [1.29, 1.82) is 0 Å². The standard InChI is InChI=1S/C24H28N2O5S/c1-15(2)10-22-26(24(28)17-5-7-18(29-3)8-6-17)19(13-32-22)23(27)25-12-16-4-9-20-21(11-16)31-14-30-20/h4-9,11,15,19,22H,10,12-14H2,1-3H3,(H,25,27). The predicted octanol–water partition coefficient (Wildman–Crippen LogP) is 3.67. The van der Waals surface area contributed by atoms with Crippen LogP contribution in [0.15, 0.2) is 42.5 Å². The van der Waals surface area contributed by atoms with E-state index in [4.69, 9.17) is 14.2 Å². The Morgan fingerprint density at radius 2 is 1.91 bits per heavy atom. The highest BCUT2D eigenvalue weighted by molar-refractivity contribution is 8.00. The molecular formula is C24H28N2O5S. The maximum absolute atomic E-state index is 13.4. The molecule has 0 bridgehead atoms. The molecular weight excluding hydrogens is 428 g/mol. The second-order valence-electron chi connectivity index (χ2n) is 8.28. The zero-order valence-corrected chi connectivity index (χ0v) is 19.3. The van der Waals surface area contributed by atoms with Crippen molar-refractivity contribution in [3.63, 3.8) is 0 Å². The number of ether oxygens (including phenoxy) is 3. The van der Waals surface area contributed by atoms with Gasteiger partial charge in [0.05, 0.1) is 12.5 Å². The Labute approximate surface area is 192 Å². The molecule has 2 unspecified atom stereocenters. The molecule has 2 heterocycles. The van der Waals surface area contributed by atoms with Crippen LogP contribution >= 0.6 is 11.8 Å². The van der Waals surface area contributed by atoms with Gasteiger partial charge in [-0.05, 0) is 54.3 Å². The average molecular weight is 457 g/mol. The fourth-order valence-corrected chi connectivity index (χ4v) is 5.50. The molecule has 4 rings (SSSR count). The Morgan fingerprint density at radius 3 is 2.62 bits per heavy atom. The summed E-state index contributed by atoms with van der Waals surface area (Å²) >= 11 is 1.67. The molecule has 0 aromatic heterocycles. The number of carbonyl (C=O) groups is 2. The van der Waals surface area contributed by atoms with Crippen LogP contribution in [0.1, 0.15) is 36.2 Å². The van der Waals surface area contributed by atoms with E-state index in [1.165, 1.54) is 0 Å². The normalized spacial score (nSPS) is 19.3. The van der Waals surface area contributed by atoms with Crippen LogP contribution in [0, 0.1) is 5.92 Å². The molecule has 8 heteroatoms. The number of carbonyl (C=O) groups excluding carboxylic acids is 2. The van der Waals surface area contributed by atoms with Gasteiger partial charge in [0.25, 0.3) is 5.91 Å². The Hall–Kier alpha value is -2.87. The van der Waals surface area contributed by atoms with E-state index < -0.39 is 6.04 Å². The number of benzene rings is 2. The Bertz CT molecular complexity index is 979. The minimum atomic E-state index is -0.521.